The van der Waals surface area contributed by atoms with E-state index in [1.54, 1.807) is 30.3 Å². The normalized spacial score (nSPS) is 17.6. The predicted octanol–water partition coefficient (Wildman–Crippen LogP) is 6.33. The Morgan fingerprint density at radius 3 is 2.65 bits per heavy atom. The Kier molecular flexibility index (Phi) is 5.46. The van der Waals surface area contributed by atoms with Crippen molar-refractivity contribution in [3.8, 4) is 0 Å². The first-order chi connectivity index (χ1) is 16.2. The van der Waals surface area contributed by atoms with Gasteiger partial charge in [-0.05, 0) is 61.4 Å². The fourth-order valence-electron chi connectivity index (χ4n) is 4.15. The first-order valence-corrected chi connectivity index (χ1v) is 11.6. The lowest BCUT2D eigenvalue weighted by Crippen LogP contribution is -2.29. The second-order valence-corrected chi connectivity index (χ2v) is 9.60. The number of carbonyl (C=O) groups is 2. The van der Waals surface area contributed by atoms with Gasteiger partial charge in [0.2, 0.25) is 0 Å². The highest BCUT2D eigenvalue weighted by molar-refractivity contribution is 7.22. The van der Waals surface area contributed by atoms with Crippen LogP contribution in [0.4, 0.5) is 9.52 Å². The molecule has 0 radical (unpaired) electrons. The summed E-state index contributed by atoms with van der Waals surface area (Å²) in [5, 5.41) is 12.0. The van der Waals surface area contributed by atoms with Gasteiger partial charge in [0.25, 0.3) is 5.78 Å². The van der Waals surface area contributed by atoms with Crippen LogP contribution in [0.25, 0.3) is 16.0 Å². The number of ketones is 1. The molecule has 170 valence electrons. The molecule has 1 N–H and O–H groups in total. The molecule has 5 nitrogen and oxygen atoms in total. The molecule has 0 bridgehead atoms. The molecule has 1 atom stereocenters. The van der Waals surface area contributed by atoms with E-state index in [1.807, 2.05) is 26.0 Å². The summed E-state index contributed by atoms with van der Waals surface area (Å²) in [6.45, 7) is 3.70. The van der Waals surface area contributed by atoms with Crippen LogP contribution >= 0.6 is 22.9 Å². The van der Waals surface area contributed by atoms with Crippen LogP contribution in [0, 0.1) is 19.7 Å². The molecule has 1 fully saturated rings. The van der Waals surface area contributed by atoms with Crippen molar-refractivity contribution in [2.75, 3.05) is 4.90 Å². The van der Waals surface area contributed by atoms with Crippen LogP contribution in [0.5, 0.6) is 0 Å². The Balaban J connectivity index is 1.77. The van der Waals surface area contributed by atoms with Crippen molar-refractivity contribution < 1.29 is 19.1 Å². The number of benzene rings is 3. The average molecular weight is 493 g/mol. The van der Waals surface area contributed by atoms with Gasteiger partial charge in [-0.2, -0.15) is 0 Å². The second kappa shape index (κ2) is 8.34. The minimum atomic E-state index is -0.955. The first kappa shape index (κ1) is 22.3. The molecule has 1 amide bonds. The maximum absolute atomic E-state index is 13.8. The van der Waals surface area contributed by atoms with Crippen LogP contribution in [0.3, 0.4) is 0 Å². The van der Waals surface area contributed by atoms with Crippen LogP contribution in [0.1, 0.15) is 28.3 Å². The summed E-state index contributed by atoms with van der Waals surface area (Å²) in [5.41, 5.74) is 3.12. The Morgan fingerprint density at radius 2 is 1.88 bits per heavy atom. The van der Waals surface area contributed by atoms with Crippen LogP contribution in [0.15, 0.2) is 66.2 Å². The molecule has 4 aromatic rings. The summed E-state index contributed by atoms with van der Waals surface area (Å²) in [4.78, 5) is 32.4. The molecule has 3 aromatic carbocycles. The first-order valence-electron chi connectivity index (χ1n) is 10.4. The number of hydrogen-bond donors (Lipinski definition) is 1. The molecule has 1 aliphatic heterocycles. The lowest BCUT2D eigenvalue weighted by molar-refractivity contribution is -0.132. The summed E-state index contributed by atoms with van der Waals surface area (Å²) in [6, 6.07) is 15.5. The van der Waals surface area contributed by atoms with Gasteiger partial charge in [-0.25, -0.2) is 9.37 Å². The van der Waals surface area contributed by atoms with Crippen LogP contribution < -0.4 is 4.90 Å². The van der Waals surface area contributed by atoms with Crippen molar-refractivity contribution in [3.63, 3.8) is 0 Å². The highest BCUT2D eigenvalue weighted by Crippen LogP contribution is 2.45. The molecule has 0 saturated carbocycles. The molecule has 5 rings (SSSR count). The zero-order chi connectivity index (χ0) is 24.1. The fourth-order valence-corrected chi connectivity index (χ4v) is 5.36. The van der Waals surface area contributed by atoms with E-state index in [1.165, 1.54) is 23.1 Å². The Labute approximate surface area is 203 Å². The zero-order valence-corrected chi connectivity index (χ0v) is 19.7. The molecule has 0 aliphatic carbocycles. The maximum atomic E-state index is 13.8. The van der Waals surface area contributed by atoms with Gasteiger partial charge in [-0.3, -0.25) is 14.5 Å². The van der Waals surface area contributed by atoms with Gasteiger partial charge >= 0.3 is 5.91 Å². The third-order valence-corrected chi connectivity index (χ3v) is 7.05. The number of fused-ring (bicyclic) bond motifs is 1. The Bertz CT molecular complexity index is 1530. The van der Waals surface area contributed by atoms with E-state index in [2.05, 4.69) is 4.98 Å². The number of aryl methyl sites for hydroxylation is 2. The minimum absolute atomic E-state index is 0.0496. The van der Waals surface area contributed by atoms with E-state index in [4.69, 9.17) is 11.6 Å². The van der Waals surface area contributed by atoms with Crippen molar-refractivity contribution in [1.82, 2.24) is 4.98 Å². The summed E-state index contributed by atoms with van der Waals surface area (Å²) in [6.07, 6.45) is 0. The molecule has 0 spiro atoms. The molecule has 34 heavy (non-hydrogen) atoms. The van der Waals surface area contributed by atoms with Crippen molar-refractivity contribution in [2.24, 2.45) is 0 Å². The fraction of sp³-hybridized carbons (Fsp3) is 0.115. The summed E-state index contributed by atoms with van der Waals surface area (Å²) in [5.74, 6) is -2.34. The smallest absolute Gasteiger partial charge is 0.301 e. The lowest BCUT2D eigenvalue weighted by Gasteiger charge is -2.23. The standard InChI is InChI=1S/C26H18ClFN2O3S/c1-13-6-7-14(2)18(10-13)23(31)21-22(15-4-3-5-16(27)11-15)30(25(33)24(21)32)26-29-19-9-8-17(28)12-20(19)34-26/h3-12,22,31H,1-2H3/b23-21+. The number of anilines is 1. The number of thiazole rings is 1. The highest BCUT2D eigenvalue weighted by atomic mass is 35.5. The molecular formula is C26H18ClFN2O3S. The summed E-state index contributed by atoms with van der Waals surface area (Å²) < 4.78 is 14.3. The van der Waals surface area contributed by atoms with Gasteiger partial charge < -0.3 is 5.11 Å². The van der Waals surface area contributed by atoms with Crippen LogP contribution in [-0.2, 0) is 9.59 Å². The number of halogens is 2. The molecule has 8 heteroatoms. The van der Waals surface area contributed by atoms with E-state index in [0.717, 1.165) is 22.5 Å². The van der Waals surface area contributed by atoms with Crippen LogP contribution in [-0.4, -0.2) is 21.8 Å². The maximum Gasteiger partial charge on any atom is 0.301 e. The molecule has 1 aliphatic rings. The minimum Gasteiger partial charge on any atom is -0.507 e. The third kappa shape index (κ3) is 3.67. The van der Waals surface area contributed by atoms with Gasteiger partial charge in [0, 0.05) is 10.6 Å². The number of aromatic nitrogens is 1. The molecular weight excluding hydrogens is 475 g/mol. The van der Waals surface area contributed by atoms with Gasteiger partial charge in [0.15, 0.2) is 5.13 Å². The average Bonchev–Trinajstić information content (AvgIpc) is 3.33. The van der Waals surface area contributed by atoms with E-state index < -0.39 is 23.5 Å². The molecule has 1 unspecified atom stereocenters. The number of amides is 1. The number of hydrogen-bond acceptors (Lipinski definition) is 5. The van der Waals surface area contributed by atoms with Crippen LogP contribution in [0.2, 0.25) is 5.02 Å². The van der Waals surface area contributed by atoms with Gasteiger partial charge in [-0.1, -0.05) is 52.8 Å². The molecule has 1 aromatic heterocycles. The number of Topliss-reactive ketones (excluding diaryl/α,β-unsaturated/α-hetero) is 1. The van der Waals surface area contributed by atoms with E-state index in [9.17, 15) is 19.1 Å². The van der Waals surface area contributed by atoms with Crippen molar-refractivity contribution >= 4 is 55.7 Å². The monoisotopic (exact) mass is 492 g/mol. The molecule has 2 heterocycles. The summed E-state index contributed by atoms with van der Waals surface area (Å²) >= 11 is 7.34. The Morgan fingerprint density at radius 1 is 1.09 bits per heavy atom. The highest BCUT2D eigenvalue weighted by Gasteiger charge is 2.48. The number of aliphatic hydroxyl groups is 1. The largest absolute Gasteiger partial charge is 0.507 e. The topological polar surface area (TPSA) is 70.5 Å². The summed E-state index contributed by atoms with van der Waals surface area (Å²) in [7, 11) is 0. The SMILES string of the molecule is Cc1ccc(C)c(/C(O)=C2\C(=O)C(=O)N(c3nc4ccc(F)cc4s3)C2c2cccc(Cl)c2)c1. The molecule has 1 saturated heterocycles. The van der Waals surface area contributed by atoms with E-state index in [-0.39, 0.29) is 16.5 Å². The zero-order valence-electron chi connectivity index (χ0n) is 18.2. The lowest BCUT2D eigenvalue weighted by atomic mass is 9.93. The third-order valence-electron chi connectivity index (χ3n) is 5.80. The van der Waals surface area contributed by atoms with E-state index >= 15 is 0 Å². The number of aliphatic hydroxyl groups excluding tert-OH is 1. The number of rotatable bonds is 3. The Hall–Kier alpha value is -3.55. The van der Waals surface area contributed by atoms with Crippen molar-refractivity contribution in [3.05, 3.63) is 99.3 Å². The predicted molar refractivity (Wildman–Crippen MR) is 132 cm³/mol. The van der Waals surface area contributed by atoms with Crippen molar-refractivity contribution in [2.45, 2.75) is 19.9 Å². The van der Waals surface area contributed by atoms with E-state index in [0.29, 0.717) is 26.4 Å². The quantitative estimate of drug-likeness (QED) is 0.206. The van der Waals surface area contributed by atoms with Gasteiger partial charge in [-0.15, -0.1) is 0 Å². The van der Waals surface area contributed by atoms with Crippen molar-refractivity contribution in [1.29, 1.82) is 0 Å². The number of carbonyl (C=O) groups excluding carboxylic acids is 2. The number of nitrogens with zero attached hydrogens (tertiary/aromatic N) is 2. The van der Waals surface area contributed by atoms with Gasteiger partial charge in [0.1, 0.15) is 11.6 Å². The second-order valence-electron chi connectivity index (χ2n) is 8.15. The van der Waals surface area contributed by atoms with Gasteiger partial charge in [0.05, 0.1) is 21.8 Å².